The van der Waals surface area contributed by atoms with E-state index in [0.29, 0.717) is 35.9 Å². The van der Waals surface area contributed by atoms with Gasteiger partial charge in [-0.15, -0.1) is 0 Å². The van der Waals surface area contributed by atoms with Crippen molar-refractivity contribution in [3.63, 3.8) is 0 Å². The Balaban J connectivity index is 1.36. The van der Waals surface area contributed by atoms with Crippen molar-refractivity contribution in [2.24, 2.45) is 0 Å². The highest BCUT2D eigenvalue weighted by Gasteiger charge is 2.25. The van der Waals surface area contributed by atoms with Gasteiger partial charge in [0.2, 0.25) is 0 Å². The van der Waals surface area contributed by atoms with Gasteiger partial charge in [0.1, 0.15) is 6.61 Å². The average Bonchev–Trinajstić information content (AvgIpc) is 2.77. The summed E-state index contributed by atoms with van der Waals surface area (Å²) in [6.07, 6.45) is -0.297. The van der Waals surface area contributed by atoms with E-state index in [1.165, 1.54) is 4.90 Å². The Morgan fingerprint density at radius 1 is 1.10 bits per heavy atom. The molecule has 0 saturated carbocycles. The molecule has 3 aromatic rings. The first kappa shape index (κ1) is 20.7. The molecule has 0 bridgehead atoms. The van der Waals surface area contributed by atoms with Crippen molar-refractivity contribution in [3.05, 3.63) is 65.4 Å². The van der Waals surface area contributed by atoms with E-state index in [9.17, 15) is 9.59 Å². The summed E-state index contributed by atoms with van der Waals surface area (Å²) in [5, 5.41) is 0.887. The van der Waals surface area contributed by atoms with Crippen LogP contribution < -0.4 is 9.47 Å². The van der Waals surface area contributed by atoms with Crippen molar-refractivity contribution in [1.29, 1.82) is 0 Å². The largest absolute Gasteiger partial charge is 0.486 e. The number of hydrogen-bond donors (Lipinski definition) is 0. The third kappa shape index (κ3) is 4.30. The van der Waals surface area contributed by atoms with Gasteiger partial charge in [0.05, 0.1) is 23.3 Å². The number of pyridine rings is 1. The highest BCUT2D eigenvalue weighted by Crippen LogP contribution is 2.31. The molecule has 0 saturated heterocycles. The lowest BCUT2D eigenvalue weighted by molar-refractivity contribution is -0.134. The van der Waals surface area contributed by atoms with Crippen molar-refractivity contribution in [3.8, 4) is 11.5 Å². The first-order valence-electron chi connectivity index (χ1n) is 10.1. The standard InChI is InChI=1S/C24H24N2O5/c1-15-18-8-4-5-9-19(18)25-16(2)23(15)24(28)30-14-22(27)26(3)12-17-13-29-20-10-6-7-11-21(20)31-17/h4-11,17H,12-14H2,1-3H3. The molecule has 1 aromatic heterocycles. The lowest BCUT2D eigenvalue weighted by Crippen LogP contribution is -2.43. The number of para-hydroxylation sites is 3. The minimum Gasteiger partial charge on any atom is -0.486 e. The zero-order chi connectivity index (χ0) is 22.0. The van der Waals surface area contributed by atoms with Gasteiger partial charge in [0.15, 0.2) is 24.2 Å². The summed E-state index contributed by atoms with van der Waals surface area (Å²) >= 11 is 0. The van der Waals surface area contributed by atoms with E-state index in [2.05, 4.69) is 4.98 Å². The first-order chi connectivity index (χ1) is 14.9. The van der Waals surface area contributed by atoms with Gasteiger partial charge in [-0.2, -0.15) is 0 Å². The second-order valence-corrected chi connectivity index (χ2v) is 7.56. The Hall–Kier alpha value is -3.61. The molecular weight excluding hydrogens is 396 g/mol. The van der Waals surface area contributed by atoms with Crippen LogP contribution in [0.3, 0.4) is 0 Å². The maximum Gasteiger partial charge on any atom is 0.340 e. The predicted octanol–water partition coefficient (Wildman–Crippen LogP) is 3.31. The Kier molecular flexibility index (Phi) is 5.75. The number of carbonyl (C=O) groups is 2. The molecule has 2 aromatic carbocycles. The number of fused-ring (bicyclic) bond motifs is 2. The van der Waals surface area contributed by atoms with Crippen molar-refractivity contribution in [2.45, 2.75) is 20.0 Å². The molecule has 0 aliphatic carbocycles. The fraction of sp³-hybridized carbons (Fsp3) is 0.292. The van der Waals surface area contributed by atoms with Crippen LogP contribution in [0.25, 0.3) is 10.9 Å². The predicted molar refractivity (Wildman–Crippen MR) is 115 cm³/mol. The number of hydrogen-bond acceptors (Lipinski definition) is 6. The molecule has 0 N–H and O–H groups in total. The summed E-state index contributed by atoms with van der Waals surface area (Å²) in [5.74, 6) is 0.471. The van der Waals surface area contributed by atoms with Crippen LogP contribution in [-0.4, -0.2) is 54.7 Å². The summed E-state index contributed by atoms with van der Waals surface area (Å²) in [6.45, 7) is 3.93. The quantitative estimate of drug-likeness (QED) is 0.590. The number of carbonyl (C=O) groups excluding carboxylic acids is 2. The molecule has 7 nitrogen and oxygen atoms in total. The van der Waals surface area contributed by atoms with Crippen molar-refractivity contribution in [1.82, 2.24) is 9.88 Å². The van der Waals surface area contributed by atoms with Gasteiger partial charge in [-0.1, -0.05) is 30.3 Å². The van der Waals surface area contributed by atoms with Crippen LogP contribution in [0.5, 0.6) is 11.5 Å². The van der Waals surface area contributed by atoms with Crippen LogP contribution in [0.2, 0.25) is 0 Å². The van der Waals surface area contributed by atoms with Gasteiger partial charge in [-0.3, -0.25) is 9.78 Å². The van der Waals surface area contributed by atoms with Gasteiger partial charge in [0.25, 0.3) is 5.91 Å². The lowest BCUT2D eigenvalue weighted by Gasteiger charge is -2.29. The molecule has 4 rings (SSSR count). The van der Waals surface area contributed by atoms with Crippen LogP contribution in [-0.2, 0) is 9.53 Å². The molecule has 1 aliphatic rings. The number of esters is 1. The fourth-order valence-corrected chi connectivity index (χ4v) is 3.70. The second kappa shape index (κ2) is 8.63. The Labute approximate surface area is 180 Å². The minimum atomic E-state index is -0.554. The number of amides is 1. The highest BCUT2D eigenvalue weighted by atomic mass is 16.6. The van der Waals surface area contributed by atoms with E-state index in [1.54, 1.807) is 14.0 Å². The third-order valence-electron chi connectivity index (χ3n) is 5.33. The molecule has 31 heavy (non-hydrogen) atoms. The smallest absolute Gasteiger partial charge is 0.340 e. The number of aromatic nitrogens is 1. The molecule has 1 unspecified atom stereocenters. The Bertz CT molecular complexity index is 1140. The average molecular weight is 420 g/mol. The molecule has 1 atom stereocenters. The topological polar surface area (TPSA) is 78.0 Å². The maximum atomic E-state index is 12.7. The number of ether oxygens (including phenoxy) is 3. The van der Waals surface area contributed by atoms with E-state index in [-0.39, 0.29) is 18.6 Å². The molecule has 160 valence electrons. The van der Waals surface area contributed by atoms with E-state index >= 15 is 0 Å². The molecule has 1 aliphatic heterocycles. The summed E-state index contributed by atoms with van der Waals surface area (Å²) in [7, 11) is 1.65. The van der Waals surface area contributed by atoms with Crippen LogP contribution in [0.15, 0.2) is 48.5 Å². The first-order valence-corrected chi connectivity index (χ1v) is 10.1. The fourth-order valence-electron chi connectivity index (χ4n) is 3.70. The molecule has 0 radical (unpaired) electrons. The number of nitrogens with zero attached hydrogens (tertiary/aromatic N) is 2. The van der Waals surface area contributed by atoms with E-state index in [4.69, 9.17) is 14.2 Å². The summed E-state index contributed by atoms with van der Waals surface area (Å²) in [6, 6.07) is 15.0. The van der Waals surface area contributed by atoms with Gasteiger partial charge >= 0.3 is 5.97 Å². The van der Waals surface area contributed by atoms with E-state index in [0.717, 1.165) is 16.5 Å². The molecular formula is C24H24N2O5. The van der Waals surface area contributed by atoms with Crippen LogP contribution in [0, 0.1) is 13.8 Å². The van der Waals surface area contributed by atoms with E-state index in [1.807, 2.05) is 55.5 Å². The zero-order valence-corrected chi connectivity index (χ0v) is 17.8. The normalized spacial score (nSPS) is 14.9. The highest BCUT2D eigenvalue weighted by molar-refractivity contribution is 5.99. The Morgan fingerprint density at radius 3 is 2.61 bits per heavy atom. The third-order valence-corrected chi connectivity index (χ3v) is 5.33. The molecule has 0 spiro atoms. The Morgan fingerprint density at radius 2 is 1.81 bits per heavy atom. The van der Waals surface area contributed by atoms with Crippen molar-refractivity contribution >= 4 is 22.8 Å². The van der Waals surface area contributed by atoms with Crippen molar-refractivity contribution < 1.29 is 23.8 Å². The van der Waals surface area contributed by atoms with Crippen LogP contribution >= 0.6 is 0 Å². The maximum absolute atomic E-state index is 12.7. The summed E-state index contributed by atoms with van der Waals surface area (Å²) in [5.41, 5.74) is 2.59. The van der Waals surface area contributed by atoms with Gasteiger partial charge in [-0.25, -0.2) is 4.79 Å². The van der Waals surface area contributed by atoms with Gasteiger partial charge in [0, 0.05) is 12.4 Å². The monoisotopic (exact) mass is 420 g/mol. The number of rotatable bonds is 5. The number of benzene rings is 2. The minimum absolute atomic E-state index is 0.297. The molecule has 7 heteroatoms. The summed E-state index contributed by atoms with van der Waals surface area (Å²) in [4.78, 5) is 31.2. The van der Waals surface area contributed by atoms with Gasteiger partial charge in [-0.05, 0) is 37.6 Å². The van der Waals surface area contributed by atoms with Gasteiger partial charge < -0.3 is 19.1 Å². The zero-order valence-electron chi connectivity index (χ0n) is 17.8. The summed E-state index contributed by atoms with van der Waals surface area (Å²) < 4.78 is 16.9. The molecule has 1 amide bonds. The SMILES string of the molecule is Cc1nc2ccccc2c(C)c1C(=O)OCC(=O)N(C)CC1COc2ccccc2O1. The second-order valence-electron chi connectivity index (χ2n) is 7.56. The van der Waals surface area contributed by atoms with Crippen LogP contribution in [0.1, 0.15) is 21.6 Å². The van der Waals surface area contributed by atoms with Crippen LogP contribution in [0.4, 0.5) is 0 Å². The molecule has 0 fully saturated rings. The molecule has 2 heterocycles. The number of likely N-dealkylation sites (N-methyl/N-ethyl adjacent to an activating group) is 1. The number of aryl methyl sites for hydroxylation is 2. The van der Waals surface area contributed by atoms with Crippen molar-refractivity contribution in [2.75, 3.05) is 26.8 Å². The van der Waals surface area contributed by atoms with E-state index < -0.39 is 5.97 Å². The lowest BCUT2D eigenvalue weighted by atomic mass is 10.0.